The molecule has 0 fully saturated rings. The number of rotatable bonds is 6. The van der Waals surface area contributed by atoms with Crippen LogP contribution in [0.25, 0.3) is 10.8 Å². The fraction of sp³-hybridized carbons (Fsp3) is 0.375. The zero-order valence-electron chi connectivity index (χ0n) is 19.2. The Hall–Kier alpha value is -3.53. The summed E-state index contributed by atoms with van der Waals surface area (Å²) >= 11 is 1.36. The monoisotopic (exact) mass is 483 g/mol. The number of anilines is 1. The van der Waals surface area contributed by atoms with E-state index in [2.05, 4.69) is 10.4 Å². The van der Waals surface area contributed by atoms with Crippen molar-refractivity contribution in [2.75, 3.05) is 11.9 Å². The quantitative estimate of drug-likeness (QED) is 0.535. The van der Waals surface area contributed by atoms with Crippen molar-refractivity contribution in [2.45, 2.75) is 45.6 Å². The molecule has 10 heteroatoms. The minimum absolute atomic E-state index is 0.0571. The van der Waals surface area contributed by atoms with Crippen molar-refractivity contribution in [1.29, 1.82) is 0 Å². The number of hydrogen-bond donors (Lipinski definition) is 1. The van der Waals surface area contributed by atoms with Gasteiger partial charge in [-0.15, -0.1) is 11.3 Å². The summed E-state index contributed by atoms with van der Waals surface area (Å²) in [4.78, 5) is 51.4. The Kier molecular flexibility index (Phi) is 6.78. The molecule has 0 bridgehead atoms. The fourth-order valence-electron chi connectivity index (χ4n) is 3.96. The van der Waals surface area contributed by atoms with Gasteiger partial charge in [0.2, 0.25) is 0 Å². The Balaban J connectivity index is 1.51. The average Bonchev–Trinajstić information content (AvgIpc) is 3.17. The number of hydrogen-bond acceptors (Lipinski definition) is 8. The zero-order chi connectivity index (χ0) is 24.4. The van der Waals surface area contributed by atoms with Crippen molar-refractivity contribution in [3.8, 4) is 0 Å². The molecule has 9 nitrogen and oxygen atoms in total. The van der Waals surface area contributed by atoms with Crippen LogP contribution in [0, 0.1) is 0 Å². The maximum absolute atomic E-state index is 12.7. The molecule has 4 rings (SSSR count). The number of nitrogens with one attached hydrogen (secondary N) is 1. The molecule has 2 heterocycles. The van der Waals surface area contributed by atoms with E-state index >= 15 is 0 Å². The minimum atomic E-state index is -0.827. The third kappa shape index (κ3) is 4.72. The molecule has 1 aliphatic carbocycles. The van der Waals surface area contributed by atoms with Crippen LogP contribution in [-0.4, -0.2) is 40.3 Å². The summed E-state index contributed by atoms with van der Waals surface area (Å²) in [7, 11) is 1.44. The highest BCUT2D eigenvalue weighted by atomic mass is 32.1. The molecule has 0 aliphatic heterocycles. The van der Waals surface area contributed by atoms with Crippen LogP contribution in [0.2, 0.25) is 0 Å². The SMILES string of the molecule is CC(C)OC(=O)c1c(NC(=O)COC(=O)c2nn(C)c(=O)c3ccccc23)sc2c1CCCC2. The Morgan fingerprint density at radius 1 is 1.12 bits per heavy atom. The number of fused-ring (bicyclic) bond motifs is 2. The molecule has 0 saturated heterocycles. The molecule has 1 aliphatic rings. The van der Waals surface area contributed by atoms with E-state index in [0.717, 1.165) is 40.8 Å². The van der Waals surface area contributed by atoms with Gasteiger partial charge in [-0.25, -0.2) is 14.3 Å². The first-order chi connectivity index (χ1) is 16.3. The summed E-state index contributed by atoms with van der Waals surface area (Å²) in [5.74, 6) is -1.88. The van der Waals surface area contributed by atoms with E-state index in [1.165, 1.54) is 18.4 Å². The van der Waals surface area contributed by atoms with Gasteiger partial charge in [0.1, 0.15) is 5.00 Å². The lowest BCUT2D eigenvalue weighted by atomic mass is 9.95. The minimum Gasteiger partial charge on any atom is -0.459 e. The van der Waals surface area contributed by atoms with Crippen LogP contribution in [0.1, 0.15) is 58.0 Å². The van der Waals surface area contributed by atoms with Gasteiger partial charge in [-0.3, -0.25) is 9.59 Å². The first-order valence-corrected chi connectivity index (χ1v) is 11.9. The van der Waals surface area contributed by atoms with Gasteiger partial charge in [-0.05, 0) is 51.2 Å². The Bertz CT molecular complexity index is 1340. The number of nitrogens with zero attached hydrogens (tertiary/aromatic N) is 2. The van der Waals surface area contributed by atoms with Gasteiger partial charge >= 0.3 is 11.9 Å². The molecule has 1 aromatic carbocycles. The predicted molar refractivity (Wildman–Crippen MR) is 127 cm³/mol. The second-order valence-corrected chi connectivity index (χ2v) is 9.42. The van der Waals surface area contributed by atoms with Crippen LogP contribution in [0.5, 0.6) is 0 Å². The maximum atomic E-state index is 12.7. The summed E-state index contributed by atoms with van der Waals surface area (Å²) in [5, 5.41) is 7.80. The van der Waals surface area contributed by atoms with Crippen molar-refractivity contribution in [1.82, 2.24) is 9.78 Å². The van der Waals surface area contributed by atoms with E-state index in [1.54, 1.807) is 38.1 Å². The number of carbonyl (C=O) groups is 3. The van der Waals surface area contributed by atoms with Crippen molar-refractivity contribution in [3.63, 3.8) is 0 Å². The lowest BCUT2D eigenvalue weighted by molar-refractivity contribution is -0.119. The van der Waals surface area contributed by atoms with Gasteiger partial charge in [0, 0.05) is 17.3 Å². The lowest BCUT2D eigenvalue weighted by Gasteiger charge is -2.14. The molecule has 0 unspecified atom stereocenters. The average molecular weight is 484 g/mol. The Morgan fingerprint density at radius 2 is 1.82 bits per heavy atom. The summed E-state index contributed by atoms with van der Waals surface area (Å²) in [6.45, 7) is 2.97. The van der Waals surface area contributed by atoms with Crippen LogP contribution in [-0.2, 0) is 34.2 Å². The molecular formula is C24H25N3O6S. The van der Waals surface area contributed by atoms with Crippen LogP contribution >= 0.6 is 11.3 Å². The highest BCUT2D eigenvalue weighted by molar-refractivity contribution is 7.17. The zero-order valence-corrected chi connectivity index (χ0v) is 20.0. The van der Waals surface area contributed by atoms with E-state index in [9.17, 15) is 19.2 Å². The van der Waals surface area contributed by atoms with E-state index in [4.69, 9.17) is 9.47 Å². The van der Waals surface area contributed by atoms with Gasteiger partial charge in [0.15, 0.2) is 12.3 Å². The summed E-state index contributed by atoms with van der Waals surface area (Å²) in [6.07, 6.45) is 3.30. The molecule has 34 heavy (non-hydrogen) atoms. The maximum Gasteiger partial charge on any atom is 0.359 e. The van der Waals surface area contributed by atoms with Gasteiger partial charge in [-0.1, -0.05) is 18.2 Å². The van der Waals surface area contributed by atoms with Crippen LogP contribution < -0.4 is 10.9 Å². The van der Waals surface area contributed by atoms with Gasteiger partial charge in [0.05, 0.1) is 17.1 Å². The van der Waals surface area contributed by atoms with Crippen molar-refractivity contribution in [3.05, 3.63) is 56.3 Å². The molecule has 1 N–H and O–H groups in total. The Labute approximate surface area is 199 Å². The van der Waals surface area contributed by atoms with E-state index in [0.29, 0.717) is 21.3 Å². The first kappa shape index (κ1) is 23.6. The largest absolute Gasteiger partial charge is 0.459 e. The number of thiophene rings is 1. The van der Waals surface area contributed by atoms with Gasteiger partial charge < -0.3 is 14.8 Å². The summed E-state index contributed by atoms with van der Waals surface area (Å²) in [5.41, 5.74) is 0.916. The number of amides is 1. The number of esters is 2. The number of ether oxygens (including phenoxy) is 2. The molecule has 2 aromatic heterocycles. The van der Waals surface area contributed by atoms with Crippen molar-refractivity contribution in [2.24, 2.45) is 7.05 Å². The highest BCUT2D eigenvalue weighted by Gasteiger charge is 2.28. The normalized spacial score (nSPS) is 12.9. The van der Waals surface area contributed by atoms with Crippen LogP contribution in [0.15, 0.2) is 29.1 Å². The molecular weight excluding hydrogens is 458 g/mol. The number of benzene rings is 1. The molecule has 178 valence electrons. The second kappa shape index (κ2) is 9.76. The van der Waals surface area contributed by atoms with E-state index in [1.807, 2.05) is 0 Å². The number of carbonyl (C=O) groups excluding carboxylic acids is 3. The van der Waals surface area contributed by atoms with Crippen molar-refractivity contribution < 1.29 is 23.9 Å². The smallest absolute Gasteiger partial charge is 0.359 e. The molecule has 0 saturated carbocycles. The predicted octanol–water partition coefficient (Wildman–Crippen LogP) is 3.23. The third-order valence-electron chi connectivity index (χ3n) is 5.46. The molecule has 3 aromatic rings. The molecule has 0 spiro atoms. The highest BCUT2D eigenvalue weighted by Crippen LogP contribution is 2.38. The number of aryl methyl sites for hydroxylation is 2. The van der Waals surface area contributed by atoms with Gasteiger partial charge in [0.25, 0.3) is 11.5 Å². The fourth-order valence-corrected chi connectivity index (χ4v) is 5.25. The van der Waals surface area contributed by atoms with Gasteiger partial charge in [-0.2, -0.15) is 5.10 Å². The topological polar surface area (TPSA) is 117 Å². The standard InChI is InChI=1S/C24H25N3O6S/c1-13(2)33-23(30)19-16-10-6-7-11-17(16)34-21(19)25-18(28)12-32-24(31)20-14-8-4-5-9-15(14)22(29)27(3)26-20/h4-5,8-9,13H,6-7,10-12H2,1-3H3,(H,25,28). The van der Waals surface area contributed by atoms with E-state index < -0.39 is 24.5 Å². The molecule has 1 amide bonds. The van der Waals surface area contributed by atoms with Crippen LogP contribution in [0.3, 0.4) is 0 Å². The second-order valence-electron chi connectivity index (χ2n) is 8.32. The Morgan fingerprint density at radius 3 is 2.56 bits per heavy atom. The van der Waals surface area contributed by atoms with Crippen molar-refractivity contribution >= 4 is 45.0 Å². The third-order valence-corrected chi connectivity index (χ3v) is 6.66. The summed E-state index contributed by atoms with van der Waals surface area (Å²) in [6, 6.07) is 6.57. The van der Waals surface area contributed by atoms with E-state index in [-0.39, 0.29) is 17.4 Å². The van der Waals surface area contributed by atoms with Crippen LogP contribution in [0.4, 0.5) is 5.00 Å². The molecule has 0 atom stereocenters. The lowest BCUT2D eigenvalue weighted by Crippen LogP contribution is -2.26. The number of aromatic nitrogens is 2. The summed E-state index contributed by atoms with van der Waals surface area (Å²) < 4.78 is 11.6. The molecule has 0 radical (unpaired) electrons. The first-order valence-electron chi connectivity index (χ1n) is 11.0.